The van der Waals surface area contributed by atoms with Crippen LogP contribution in [-0.2, 0) is 19.4 Å². The van der Waals surface area contributed by atoms with Crippen molar-refractivity contribution < 1.29 is 0 Å². The number of H-pyrrole nitrogens is 1. The van der Waals surface area contributed by atoms with Crippen LogP contribution in [0.25, 0.3) is 10.9 Å². The first-order valence-electron chi connectivity index (χ1n) is 11.1. The van der Waals surface area contributed by atoms with Crippen molar-refractivity contribution in [1.29, 1.82) is 0 Å². The summed E-state index contributed by atoms with van der Waals surface area (Å²) in [5.41, 5.74) is 6.03. The SMILES string of the molecule is CC(C)n1cnc2cc(N3CCN(Cc4n[nH]c5c4CCCC5)CC3)ccc2c1=O. The zero-order valence-electron chi connectivity index (χ0n) is 17.9. The standard InChI is InChI=1S/C23H30N6O/c1-16(2)29-15-24-21-13-17(7-8-19(21)23(29)30)28-11-9-27(10-12-28)14-22-18-5-3-4-6-20(18)25-26-22/h7-8,13,15-16H,3-6,9-12,14H2,1-2H3,(H,25,26). The van der Waals surface area contributed by atoms with E-state index >= 15 is 0 Å². The maximum Gasteiger partial charge on any atom is 0.261 e. The highest BCUT2D eigenvalue weighted by Crippen LogP contribution is 2.25. The summed E-state index contributed by atoms with van der Waals surface area (Å²) in [6.45, 7) is 8.92. The van der Waals surface area contributed by atoms with Crippen LogP contribution in [0.1, 0.15) is 49.7 Å². The number of aryl methyl sites for hydroxylation is 1. The normalized spacial score (nSPS) is 17.6. The molecule has 0 spiro atoms. The Kier molecular flexibility index (Phi) is 5.06. The third-order valence-corrected chi connectivity index (χ3v) is 6.58. The third kappa shape index (κ3) is 3.51. The van der Waals surface area contributed by atoms with E-state index in [1.165, 1.54) is 36.2 Å². The largest absolute Gasteiger partial charge is 0.369 e. The smallest absolute Gasteiger partial charge is 0.261 e. The molecule has 158 valence electrons. The summed E-state index contributed by atoms with van der Waals surface area (Å²) in [5, 5.41) is 8.56. The second-order valence-corrected chi connectivity index (χ2v) is 8.85. The fourth-order valence-electron chi connectivity index (χ4n) is 4.74. The molecule has 1 aliphatic carbocycles. The van der Waals surface area contributed by atoms with Gasteiger partial charge in [-0.05, 0) is 63.3 Å². The molecule has 0 radical (unpaired) electrons. The molecule has 1 fully saturated rings. The van der Waals surface area contributed by atoms with E-state index in [1.807, 2.05) is 19.9 Å². The molecule has 0 bridgehead atoms. The summed E-state index contributed by atoms with van der Waals surface area (Å²) >= 11 is 0. The Hall–Kier alpha value is -2.67. The van der Waals surface area contributed by atoms with Crippen LogP contribution >= 0.6 is 0 Å². The fraction of sp³-hybridized carbons (Fsp3) is 0.522. The lowest BCUT2D eigenvalue weighted by Gasteiger charge is -2.36. The average molecular weight is 407 g/mol. The second kappa shape index (κ2) is 7.87. The van der Waals surface area contributed by atoms with E-state index in [2.05, 4.69) is 37.1 Å². The number of nitrogens with one attached hydrogen (secondary N) is 1. The first kappa shape index (κ1) is 19.3. The summed E-state index contributed by atoms with van der Waals surface area (Å²) in [5.74, 6) is 0. The van der Waals surface area contributed by atoms with Crippen molar-refractivity contribution >= 4 is 16.6 Å². The molecule has 3 aromatic rings. The Morgan fingerprint density at radius 2 is 1.90 bits per heavy atom. The van der Waals surface area contributed by atoms with Gasteiger partial charge >= 0.3 is 0 Å². The molecule has 0 saturated carbocycles. The molecule has 0 unspecified atom stereocenters. The topological polar surface area (TPSA) is 70.1 Å². The molecular weight excluding hydrogens is 376 g/mol. The number of piperazine rings is 1. The number of fused-ring (bicyclic) bond motifs is 2. The molecule has 2 aromatic heterocycles. The van der Waals surface area contributed by atoms with Gasteiger partial charge in [-0.3, -0.25) is 19.4 Å². The van der Waals surface area contributed by atoms with Crippen molar-refractivity contribution in [1.82, 2.24) is 24.6 Å². The molecular formula is C23H30N6O. The summed E-state index contributed by atoms with van der Waals surface area (Å²) in [4.78, 5) is 22.1. The fourth-order valence-corrected chi connectivity index (χ4v) is 4.74. The molecule has 2 aliphatic rings. The van der Waals surface area contributed by atoms with E-state index in [0.29, 0.717) is 5.39 Å². The van der Waals surface area contributed by atoms with Crippen molar-refractivity contribution in [3.05, 3.63) is 51.8 Å². The first-order chi connectivity index (χ1) is 14.6. The van der Waals surface area contributed by atoms with Crippen molar-refractivity contribution in [3.8, 4) is 0 Å². The van der Waals surface area contributed by atoms with Crippen LogP contribution in [0.2, 0.25) is 0 Å². The Bertz CT molecular complexity index is 1110. The minimum Gasteiger partial charge on any atom is -0.369 e. The first-order valence-corrected chi connectivity index (χ1v) is 11.1. The number of aromatic nitrogens is 4. The van der Waals surface area contributed by atoms with Crippen LogP contribution in [-0.4, -0.2) is 50.8 Å². The van der Waals surface area contributed by atoms with Gasteiger partial charge in [0.2, 0.25) is 0 Å². The molecule has 1 aromatic carbocycles. The van der Waals surface area contributed by atoms with Crippen molar-refractivity contribution in [2.75, 3.05) is 31.1 Å². The van der Waals surface area contributed by atoms with Gasteiger partial charge in [0.05, 0.1) is 22.9 Å². The highest BCUT2D eigenvalue weighted by Gasteiger charge is 2.22. The molecule has 1 saturated heterocycles. The van der Waals surface area contributed by atoms with E-state index in [-0.39, 0.29) is 11.6 Å². The summed E-state index contributed by atoms with van der Waals surface area (Å²) in [6.07, 6.45) is 6.55. The maximum atomic E-state index is 12.6. The van der Waals surface area contributed by atoms with E-state index < -0.39 is 0 Å². The Morgan fingerprint density at radius 1 is 1.10 bits per heavy atom. The number of nitrogens with zero attached hydrogens (tertiary/aromatic N) is 5. The predicted molar refractivity (Wildman–Crippen MR) is 119 cm³/mol. The van der Waals surface area contributed by atoms with Crippen LogP contribution in [0.15, 0.2) is 29.3 Å². The van der Waals surface area contributed by atoms with Gasteiger partial charge in [-0.15, -0.1) is 0 Å². The Balaban J connectivity index is 1.27. The molecule has 0 atom stereocenters. The zero-order valence-corrected chi connectivity index (χ0v) is 17.9. The van der Waals surface area contributed by atoms with Crippen molar-refractivity contribution in [3.63, 3.8) is 0 Å². The van der Waals surface area contributed by atoms with Crippen LogP contribution in [0, 0.1) is 0 Å². The van der Waals surface area contributed by atoms with Gasteiger partial charge < -0.3 is 4.90 Å². The quantitative estimate of drug-likeness (QED) is 0.721. The number of hydrogen-bond acceptors (Lipinski definition) is 5. The van der Waals surface area contributed by atoms with Gasteiger partial charge in [0.15, 0.2) is 0 Å². The zero-order chi connectivity index (χ0) is 20.7. The predicted octanol–water partition coefficient (Wildman–Crippen LogP) is 2.90. The monoisotopic (exact) mass is 406 g/mol. The maximum absolute atomic E-state index is 12.6. The highest BCUT2D eigenvalue weighted by molar-refractivity contribution is 5.81. The summed E-state index contributed by atoms with van der Waals surface area (Å²) in [7, 11) is 0. The number of benzene rings is 1. The summed E-state index contributed by atoms with van der Waals surface area (Å²) in [6, 6.07) is 6.17. The number of hydrogen-bond donors (Lipinski definition) is 1. The van der Waals surface area contributed by atoms with Gasteiger partial charge in [-0.2, -0.15) is 5.10 Å². The molecule has 1 aliphatic heterocycles. The van der Waals surface area contributed by atoms with Gasteiger partial charge in [0, 0.05) is 50.1 Å². The van der Waals surface area contributed by atoms with Crippen molar-refractivity contribution in [2.45, 2.75) is 52.1 Å². The molecule has 1 N–H and O–H groups in total. The molecule has 3 heterocycles. The van der Waals surface area contributed by atoms with Gasteiger partial charge in [0.25, 0.3) is 5.56 Å². The molecule has 5 rings (SSSR count). The van der Waals surface area contributed by atoms with E-state index in [1.54, 1.807) is 10.9 Å². The minimum absolute atomic E-state index is 0.0358. The lowest BCUT2D eigenvalue weighted by molar-refractivity contribution is 0.246. The Morgan fingerprint density at radius 3 is 2.70 bits per heavy atom. The third-order valence-electron chi connectivity index (χ3n) is 6.58. The molecule has 30 heavy (non-hydrogen) atoms. The highest BCUT2D eigenvalue weighted by atomic mass is 16.1. The summed E-state index contributed by atoms with van der Waals surface area (Å²) < 4.78 is 1.69. The lowest BCUT2D eigenvalue weighted by atomic mass is 9.96. The number of anilines is 1. The minimum atomic E-state index is 0.0358. The van der Waals surface area contributed by atoms with Crippen LogP contribution in [0.4, 0.5) is 5.69 Å². The molecule has 0 amide bonds. The number of aromatic amines is 1. The number of rotatable bonds is 4. The van der Waals surface area contributed by atoms with Gasteiger partial charge in [-0.1, -0.05) is 0 Å². The van der Waals surface area contributed by atoms with Crippen LogP contribution in [0.3, 0.4) is 0 Å². The van der Waals surface area contributed by atoms with Crippen LogP contribution < -0.4 is 10.5 Å². The van der Waals surface area contributed by atoms with Gasteiger partial charge in [-0.25, -0.2) is 4.98 Å². The average Bonchev–Trinajstić information content (AvgIpc) is 3.17. The van der Waals surface area contributed by atoms with E-state index in [4.69, 9.17) is 0 Å². The molecule has 7 heteroatoms. The van der Waals surface area contributed by atoms with E-state index in [9.17, 15) is 4.79 Å². The molecule has 7 nitrogen and oxygen atoms in total. The van der Waals surface area contributed by atoms with Gasteiger partial charge in [0.1, 0.15) is 0 Å². The lowest BCUT2D eigenvalue weighted by Crippen LogP contribution is -2.46. The second-order valence-electron chi connectivity index (χ2n) is 8.85. The van der Waals surface area contributed by atoms with Crippen molar-refractivity contribution in [2.24, 2.45) is 0 Å². The van der Waals surface area contributed by atoms with E-state index in [0.717, 1.165) is 50.3 Å². The van der Waals surface area contributed by atoms with Crippen LogP contribution in [0.5, 0.6) is 0 Å². The Labute approximate surface area is 176 Å².